The van der Waals surface area contributed by atoms with Gasteiger partial charge in [-0.15, -0.1) is 12.4 Å². The van der Waals surface area contributed by atoms with Gasteiger partial charge in [0.1, 0.15) is 5.75 Å². The molecule has 0 saturated carbocycles. The number of carbonyl (C=O) groups is 2. The summed E-state index contributed by atoms with van der Waals surface area (Å²) >= 11 is 0. The van der Waals surface area contributed by atoms with Crippen molar-refractivity contribution < 1.29 is 19.1 Å². The number of rotatable bonds is 4. The largest absolute Gasteiger partial charge is 0.497 e. The Hall–Kier alpha value is -1.83. The first-order valence-corrected chi connectivity index (χ1v) is 8.68. The second-order valence-electron chi connectivity index (χ2n) is 6.29. The Morgan fingerprint density at radius 1 is 0.962 bits per heavy atom. The first kappa shape index (κ1) is 20.5. The number of hydrogen-bond acceptors (Lipinski definition) is 5. The predicted octanol–water partition coefficient (Wildman–Crippen LogP) is 0.734. The molecule has 7 nitrogen and oxygen atoms in total. The molecule has 0 bridgehead atoms. The highest BCUT2D eigenvalue weighted by atomic mass is 35.5. The van der Waals surface area contributed by atoms with E-state index in [-0.39, 0.29) is 24.2 Å². The summed E-state index contributed by atoms with van der Waals surface area (Å²) in [5, 5.41) is 0. The van der Waals surface area contributed by atoms with Crippen LogP contribution in [0.3, 0.4) is 0 Å². The van der Waals surface area contributed by atoms with Gasteiger partial charge in [-0.1, -0.05) is 0 Å². The Labute approximate surface area is 160 Å². The molecule has 2 aliphatic rings. The molecule has 0 aliphatic carbocycles. The van der Waals surface area contributed by atoms with E-state index in [9.17, 15) is 9.59 Å². The lowest BCUT2D eigenvalue weighted by atomic mass is 10.1. The minimum atomic E-state index is 0. The lowest BCUT2D eigenvalue weighted by Crippen LogP contribution is -2.52. The second-order valence-corrected chi connectivity index (χ2v) is 6.29. The van der Waals surface area contributed by atoms with E-state index in [4.69, 9.17) is 9.47 Å². The monoisotopic (exact) mass is 383 g/mol. The molecule has 8 heteroatoms. The topological polar surface area (TPSA) is 62.3 Å². The van der Waals surface area contributed by atoms with Crippen LogP contribution in [0.15, 0.2) is 24.3 Å². The van der Waals surface area contributed by atoms with Gasteiger partial charge in [0.15, 0.2) is 0 Å². The minimum absolute atomic E-state index is 0. The van der Waals surface area contributed by atoms with Crippen molar-refractivity contribution in [3.63, 3.8) is 0 Å². The Morgan fingerprint density at radius 3 is 2.15 bits per heavy atom. The number of carbonyl (C=O) groups excluding carboxylic acids is 2. The molecule has 2 heterocycles. The number of amides is 2. The average molecular weight is 384 g/mol. The number of benzene rings is 1. The third-order valence-electron chi connectivity index (χ3n) is 4.72. The zero-order valence-corrected chi connectivity index (χ0v) is 15.9. The number of piperazine rings is 1. The van der Waals surface area contributed by atoms with Gasteiger partial charge in [0.2, 0.25) is 5.91 Å². The summed E-state index contributed by atoms with van der Waals surface area (Å²) in [4.78, 5) is 30.7. The summed E-state index contributed by atoms with van der Waals surface area (Å²) in [5.41, 5.74) is 0.665. The van der Waals surface area contributed by atoms with Crippen LogP contribution >= 0.6 is 12.4 Å². The summed E-state index contributed by atoms with van der Waals surface area (Å²) in [6.07, 6.45) is 0. The van der Waals surface area contributed by atoms with Crippen molar-refractivity contribution in [2.45, 2.75) is 0 Å². The van der Waals surface area contributed by atoms with Gasteiger partial charge in [-0.2, -0.15) is 0 Å². The molecule has 26 heavy (non-hydrogen) atoms. The van der Waals surface area contributed by atoms with E-state index in [1.54, 1.807) is 31.4 Å². The number of nitrogens with zero attached hydrogens (tertiary/aromatic N) is 3. The van der Waals surface area contributed by atoms with Crippen LogP contribution in [0.1, 0.15) is 10.4 Å². The van der Waals surface area contributed by atoms with Crippen molar-refractivity contribution in [3.8, 4) is 5.75 Å². The average Bonchev–Trinajstić information content (AvgIpc) is 2.69. The molecule has 0 aromatic heterocycles. The highest BCUT2D eigenvalue weighted by molar-refractivity contribution is 5.94. The number of hydrogen-bond donors (Lipinski definition) is 0. The van der Waals surface area contributed by atoms with Gasteiger partial charge >= 0.3 is 0 Å². The maximum Gasteiger partial charge on any atom is 0.253 e. The SMILES string of the molecule is COc1ccc(C(=O)N2CCN(CC(=O)N3CCOCC3)CC2)cc1.Cl. The van der Waals surface area contributed by atoms with Crippen molar-refractivity contribution in [3.05, 3.63) is 29.8 Å². The normalized spacial score (nSPS) is 18.2. The van der Waals surface area contributed by atoms with Crippen LogP contribution in [0, 0.1) is 0 Å². The van der Waals surface area contributed by atoms with Crippen LogP contribution in [-0.4, -0.2) is 92.7 Å². The molecular weight excluding hydrogens is 358 g/mol. The van der Waals surface area contributed by atoms with Gasteiger partial charge in [0.05, 0.1) is 26.9 Å². The van der Waals surface area contributed by atoms with Crippen LogP contribution < -0.4 is 4.74 Å². The molecule has 1 aromatic rings. The Kier molecular flexibility index (Phi) is 7.68. The minimum Gasteiger partial charge on any atom is -0.497 e. The molecule has 2 fully saturated rings. The molecule has 0 unspecified atom stereocenters. The maximum atomic E-state index is 12.6. The van der Waals surface area contributed by atoms with Gasteiger partial charge in [-0.05, 0) is 24.3 Å². The third kappa shape index (κ3) is 5.09. The lowest BCUT2D eigenvalue weighted by Gasteiger charge is -2.36. The fraction of sp³-hybridized carbons (Fsp3) is 0.556. The Balaban J connectivity index is 0.00000243. The second kappa shape index (κ2) is 9.75. The molecule has 144 valence electrons. The van der Waals surface area contributed by atoms with Crippen molar-refractivity contribution >= 4 is 24.2 Å². The molecular formula is C18H26ClN3O4. The van der Waals surface area contributed by atoms with Crippen LogP contribution in [0.2, 0.25) is 0 Å². The lowest BCUT2D eigenvalue weighted by molar-refractivity contribution is -0.136. The van der Waals surface area contributed by atoms with Gasteiger partial charge < -0.3 is 19.3 Å². The number of methoxy groups -OCH3 is 1. The summed E-state index contributed by atoms with van der Waals surface area (Å²) < 4.78 is 10.4. The van der Waals surface area contributed by atoms with E-state index >= 15 is 0 Å². The zero-order valence-electron chi connectivity index (χ0n) is 15.1. The predicted molar refractivity (Wildman–Crippen MR) is 100.0 cm³/mol. The summed E-state index contributed by atoms with van der Waals surface area (Å²) in [7, 11) is 1.61. The van der Waals surface area contributed by atoms with Crippen molar-refractivity contribution in [1.82, 2.24) is 14.7 Å². The zero-order chi connectivity index (χ0) is 17.6. The van der Waals surface area contributed by atoms with Crippen molar-refractivity contribution in [2.75, 3.05) is 66.1 Å². The van der Waals surface area contributed by atoms with Crippen LogP contribution in [-0.2, 0) is 9.53 Å². The number of morpholine rings is 1. The van der Waals surface area contributed by atoms with E-state index < -0.39 is 0 Å². The Bertz CT molecular complexity index is 597. The van der Waals surface area contributed by atoms with Gasteiger partial charge in [-0.25, -0.2) is 0 Å². The molecule has 2 aliphatic heterocycles. The molecule has 2 amide bonds. The molecule has 0 atom stereocenters. The van der Waals surface area contributed by atoms with E-state index in [1.165, 1.54) is 0 Å². The third-order valence-corrected chi connectivity index (χ3v) is 4.72. The van der Waals surface area contributed by atoms with Crippen LogP contribution in [0.4, 0.5) is 0 Å². The van der Waals surface area contributed by atoms with Crippen molar-refractivity contribution in [2.24, 2.45) is 0 Å². The van der Waals surface area contributed by atoms with Crippen molar-refractivity contribution in [1.29, 1.82) is 0 Å². The molecule has 3 rings (SSSR count). The number of ether oxygens (including phenoxy) is 2. The van der Waals surface area contributed by atoms with E-state index in [1.807, 2.05) is 9.80 Å². The van der Waals surface area contributed by atoms with Crippen LogP contribution in [0.25, 0.3) is 0 Å². The summed E-state index contributed by atoms with van der Waals surface area (Å²) in [5.74, 6) is 0.919. The summed E-state index contributed by atoms with van der Waals surface area (Å²) in [6.45, 7) is 5.73. The fourth-order valence-electron chi connectivity index (χ4n) is 3.13. The first-order valence-electron chi connectivity index (χ1n) is 8.68. The van der Waals surface area contributed by atoms with Crippen LogP contribution in [0.5, 0.6) is 5.75 Å². The first-order chi connectivity index (χ1) is 12.2. The smallest absolute Gasteiger partial charge is 0.253 e. The van der Waals surface area contributed by atoms with Gasteiger partial charge in [0, 0.05) is 44.8 Å². The van der Waals surface area contributed by atoms with Gasteiger partial charge in [0.25, 0.3) is 5.91 Å². The highest BCUT2D eigenvalue weighted by Gasteiger charge is 2.25. The quantitative estimate of drug-likeness (QED) is 0.767. The number of halogens is 1. The maximum absolute atomic E-state index is 12.6. The molecule has 0 N–H and O–H groups in total. The molecule has 2 saturated heterocycles. The summed E-state index contributed by atoms with van der Waals surface area (Å²) in [6, 6.07) is 7.17. The Morgan fingerprint density at radius 2 is 1.58 bits per heavy atom. The fourth-order valence-corrected chi connectivity index (χ4v) is 3.13. The van der Waals surface area contributed by atoms with E-state index in [0.717, 1.165) is 18.8 Å². The molecule has 0 spiro atoms. The molecule has 0 radical (unpaired) electrons. The highest BCUT2D eigenvalue weighted by Crippen LogP contribution is 2.14. The van der Waals surface area contributed by atoms with E-state index in [0.29, 0.717) is 51.5 Å². The van der Waals surface area contributed by atoms with Gasteiger partial charge in [-0.3, -0.25) is 14.5 Å². The molecule has 1 aromatic carbocycles. The van der Waals surface area contributed by atoms with E-state index in [2.05, 4.69) is 4.90 Å². The standard InChI is InChI=1S/C18H25N3O4.ClH/c1-24-16-4-2-15(3-5-16)18(23)21-8-6-19(7-9-21)14-17(22)20-10-12-25-13-11-20;/h2-5H,6-14H2,1H3;1H.